The zero-order valence-electron chi connectivity index (χ0n) is 78.8. The van der Waals surface area contributed by atoms with Crippen molar-refractivity contribution in [1.82, 2.24) is 64.4 Å². The second-order valence-corrected chi connectivity index (χ2v) is 32.0. The van der Waals surface area contributed by atoms with Crippen LogP contribution in [0.4, 0.5) is 50.8 Å². The van der Waals surface area contributed by atoms with Gasteiger partial charge in [0.15, 0.2) is 23.3 Å². The van der Waals surface area contributed by atoms with E-state index in [0.29, 0.717) is 70.9 Å². The number of ether oxygens (including phenoxy) is 10. The number of rotatable bonds is 27. The lowest BCUT2D eigenvalue weighted by Gasteiger charge is -2.15. The predicted molar refractivity (Wildman–Crippen MR) is 522 cm³/mol. The molecule has 1 fully saturated rings. The van der Waals surface area contributed by atoms with E-state index in [-0.39, 0.29) is 6.03 Å². The van der Waals surface area contributed by atoms with E-state index in [1.165, 1.54) is 16.7 Å². The second-order valence-electron chi connectivity index (χ2n) is 32.0. The molecule has 29 nitrogen and oxygen atoms in total. The third kappa shape index (κ3) is 18.4. The monoisotopic (exact) mass is 1780 g/mol. The minimum atomic E-state index is -0.0704. The Morgan fingerprint density at radius 2 is 0.697 bits per heavy atom. The fourth-order valence-electron chi connectivity index (χ4n) is 18.0. The molecule has 8 aromatic carbocycles. The van der Waals surface area contributed by atoms with Crippen LogP contribution in [0.25, 0.3) is 65.8 Å². The maximum absolute atomic E-state index is 12.0. The number of hydrogen-bond donors (Lipinski definition) is 5. The van der Waals surface area contributed by atoms with Crippen molar-refractivity contribution in [1.29, 1.82) is 0 Å². The van der Waals surface area contributed by atoms with Gasteiger partial charge in [-0.15, -0.1) is 20.4 Å². The standard InChI is InChI=1S/C27H30N6O3.C26H28N4O3.C25H28N4O3.C25H28N4O2/c1-6-36-21-11-12-22(23(15-21)35-5)33-17(3)24-16(2)30-31-26(25(24)18(33)4)29-19-7-9-20(10-8-19)32-14-13-28-27(32)34;1-6-33-21-9-10-22(23(12-21)31-5)30-16(3)24-15(2)28-29-26(25(24)17(30)4)27-20-8-7-18-13-32-14-19(18)11-20;1-7-32-20-11-12-21(22(14-20)31-6)29-16(3)23-15(2)27-28-25(24(23)17(29)4)26-18-9-8-10-19(13-18)30-5;1-6-31-20-12-13-21(22(14-20)30-5)29-17(3)23-16(2)27-28-25(24(23)18(29)4)26-15-19-10-8-7-9-11-19/h7-12,15H,6,13-14H2,1-5H3,(H,28,34)(H,29,31);7-12H,6,13-14H2,1-5H3,(H,27,29);8-14H,7H2,1-6H3,(H,26,28);7-14H,6,15H2,1-5H3,(H,26,28). The molecule has 132 heavy (non-hydrogen) atoms. The van der Waals surface area contributed by atoms with Crippen molar-refractivity contribution >= 4 is 95.1 Å². The van der Waals surface area contributed by atoms with Crippen molar-refractivity contribution < 1.29 is 52.2 Å². The molecule has 0 saturated carbocycles. The highest BCUT2D eigenvalue weighted by Crippen LogP contribution is 2.45. The number of benzene rings is 8. The van der Waals surface area contributed by atoms with Crippen LogP contribution in [-0.4, -0.2) is 140 Å². The summed E-state index contributed by atoms with van der Waals surface area (Å²) in [6, 6.07) is 55.7. The summed E-state index contributed by atoms with van der Waals surface area (Å²) in [5, 5.41) is 60.9. The molecule has 5 N–H and O–H groups in total. The van der Waals surface area contributed by atoms with E-state index in [9.17, 15) is 4.79 Å². The van der Waals surface area contributed by atoms with Gasteiger partial charge in [-0.1, -0.05) is 42.5 Å². The Balaban J connectivity index is 0.000000135. The summed E-state index contributed by atoms with van der Waals surface area (Å²) < 4.78 is 65.2. The van der Waals surface area contributed by atoms with E-state index in [1.807, 2.05) is 195 Å². The van der Waals surface area contributed by atoms with Crippen LogP contribution in [0.1, 0.15) is 113 Å². The molecule has 1 saturated heterocycles. The largest absolute Gasteiger partial charge is 0.497 e. The van der Waals surface area contributed by atoms with Crippen molar-refractivity contribution in [2.75, 3.05) is 101 Å². The zero-order valence-corrected chi connectivity index (χ0v) is 78.8. The molecule has 18 rings (SSSR count). The third-order valence-corrected chi connectivity index (χ3v) is 23.9. The van der Waals surface area contributed by atoms with Crippen LogP contribution in [0.2, 0.25) is 0 Å². The topological polar surface area (TPSA) is 296 Å². The first-order valence-corrected chi connectivity index (χ1v) is 44.2. The number of nitrogens with zero attached hydrogens (tertiary/aromatic N) is 13. The molecule has 0 radical (unpaired) electrons. The maximum Gasteiger partial charge on any atom is 0.321 e. The lowest BCUT2D eigenvalue weighted by atomic mass is 10.1. The number of hydrogen-bond acceptors (Lipinski definition) is 23. The number of amides is 2. The Morgan fingerprint density at radius 3 is 1.07 bits per heavy atom. The zero-order chi connectivity index (χ0) is 93.3. The van der Waals surface area contributed by atoms with Crippen molar-refractivity contribution in [3.05, 3.63) is 255 Å². The SMILES string of the molecule is CCOc1ccc(-n2c(C)c3c(C)nnc(NCc4ccccc4)c3c2C)c(OC)c1.CCOc1ccc(-n2c(C)c3c(C)nnc(Nc4ccc(N5CCNC5=O)cc4)c3c2C)c(OC)c1.CCOc1ccc(-n2c(C)c3c(C)nnc(Nc4ccc5c(c4)COC5)c3c2C)c(OC)c1.CCOc1ccc(-n2c(C)c3c(C)nnc(Nc4cccc(OC)c4)c3c2C)c(OC)c1. The average Bonchev–Trinajstić information content (AvgIpc) is 1.61. The molecule has 10 heterocycles. The van der Waals surface area contributed by atoms with Crippen LogP contribution >= 0.6 is 0 Å². The van der Waals surface area contributed by atoms with Gasteiger partial charge in [-0.2, -0.15) is 20.4 Å². The number of anilines is 8. The number of carbonyl (C=O) groups is 1. The van der Waals surface area contributed by atoms with E-state index in [1.54, 1.807) is 40.4 Å². The number of carbonyl (C=O) groups excluding carboxylic acids is 1. The van der Waals surface area contributed by atoms with E-state index < -0.39 is 0 Å². The molecule has 2 aliphatic heterocycles. The van der Waals surface area contributed by atoms with E-state index in [4.69, 9.17) is 47.4 Å². The molecule has 16 aromatic rings. The first-order valence-electron chi connectivity index (χ1n) is 44.2. The Labute approximate surface area is 768 Å². The Bertz CT molecular complexity index is 6940. The van der Waals surface area contributed by atoms with Crippen LogP contribution in [0.15, 0.2) is 170 Å². The second kappa shape index (κ2) is 40.3. The van der Waals surface area contributed by atoms with E-state index >= 15 is 0 Å². The first kappa shape index (κ1) is 91.6. The molecule has 0 aliphatic carbocycles. The quantitative estimate of drug-likeness (QED) is 0.0320. The summed E-state index contributed by atoms with van der Waals surface area (Å²) in [5.74, 6) is 9.76. The molecule has 8 aromatic heterocycles. The molecule has 29 heteroatoms. The van der Waals surface area contributed by atoms with Gasteiger partial charge in [0.1, 0.15) is 51.7 Å². The highest BCUT2D eigenvalue weighted by atomic mass is 16.5. The lowest BCUT2D eigenvalue weighted by molar-refractivity contribution is 0.134. The molecule has 682 valence electrons. The third-order valence-electron chi connectivity index (χ3n) is 23.9. The molecular weight excluding hydrogens is 1670 g/mol. The molecule has 2 amide bonds. The minimum absolute atomic E-state index is 0.0704. The number of methoxy groups -OCH3 is 5. The Hall–Kier alpha value is -15.1. The van der Waals surface area contributed by atoms with Gasteiger partial charge in [-0.25, -0.2) is 4.79 Å². The van der Waals surface area contributed by atoms with E-state index in [0.717, 1.165) is 220 Å². The summed E-state index contributed by atoms with van der Waals surface area (Å²) in [7, 11) is 8.36. The smallest absolute Gasteiger partial charge is 0.321 e. The molecule has 0 atom stereocenters. The van der Waals surface area contributed by atoms with Crippen molar-refractivity contribution in [3.8, 4) is 74.5 Å². The predicted octanol–water partition coefficient (Wildman–Crippen LogP) is 21.4. The van der Waals surface area contributed by atoms with Crippen LogP contribution in [0.5, 0.6) is 51.7 Å². The molecule has 0 bridgehead atoms. The van der Waals surface area contributed by atoms with Crippen molar-refractivity contribution in [2.24, 2.45) is 0 Å². The molecule has 0 spiro atoms. The van der Waals surface area contributed by atoms with Gasteiger partial charge in [0, 0.05) is 161 Å². The Kier molecular flexibility index (Phi) is 27.9. The summed E-state index contributed by atoms with van der Waals surface area (Å²) in [4.78, 5) is 13.7. The number of nitrogens with one attached hydrogen (secondary N) is 5. The molecule has 2 aliphatic rings. The van der Waals surface area contributed by atoms with Crippen LogP contribution in [0, 0.1) is 83.1 Å². The Morgan fingerprint density at radius 1 is 0.341 bits per heavy atom. The number of aromatic nitrogens is 12. The van der Waals surface area contributed by atoms with Gasteiger partial charge >= 0.3 is 6.03 Å². The van der Waals surface area contributed by atoms with Gasteiger partial charge in [0.05, 0.1) is 121 Å². The average molecular weight is 1780 g/mol. The van der Waals surface area contributed by atoms with Gasteiger partial charge < -0.3 is 92.2 Å². The highest BCUT2D eigenvalue weighted by Gasteiger charge is 2.29. The first-order chi connectivity index (χ1) is 64.0. The summed E-state index contributed by atoms with van der Waals surface area (Å²) in [6.07, 6.45) is 0. The highest BCUT2D eigenvalue weighted by molar-refractivity contribution is 6.03. The summed E-state index contributed by atoms with van der Waals surface area (Å²) in [6.45, 7) is 38.3. The fraction of sp³-hybridized carbons (Fsp3) is 0.291. The van der Waals surface area contributed by atoms with Crippen LogP contribution in [-0.2, 0) is 24.5 Å². The van der Waals surface area contributed by atoms with E-state index in [2.05, 4.69) is 171 Å². The van der Waals surface area contributed by atoms with Crippen LogP contribution in [0.3, 0.4) is 0 Å². The van der Waals surface area contributed by atoms with Crippen LogP contribution < -0.4 is 74.1 Å². The van der Waals surface area contributed by atoms with Gasteiger partial charge in [0.25, 0.3) is 0 Å². The lowest BCUT2D eigenvalue weighted by Crippen LogP contribution is -2.27. The summed E-state index contributed by atoms with van der Waals surface area (Å²) >= 11 is 0. The molecule has 0 unspecified atom stereocenters. The molecular formula is C103H114N18O11. The fourth-order valence-corrected chi connectivity index (χ4v) is 18.0. The normalized spacial score (nSPS) is 12.0. The maximum atomic E-state index is 12.0. The number of fused-ring (bicyclic) bond motifs is 5. The van der Waals surface area contributed by atoms with Crippen molar-refractivity contribution in [2.45, 2.75) is 131 Å². The van der Waals surface area contributed by atoms with Crippen molar-refractivity contribution in [3.63, 3.8) is 0 Å². The minimum Gasteiger partial charge on any atom is -0.497 e. The number of aryl methyl sites for hydroxylation is 12. The summed E-state index contributed by atoms with van der Waals surface area (Å²) in [5.41, 5.74) is 23.1. The van der Waals surface area contributed by atoms with Gasteiger partial charge in [-0.05, 0) is 225 Å². The van der Waals surface area contributed by atoms with Gasteiger partial charge in [0.2, 0.25) is 0 Å². The van der Waals surface area contributed by atoms with Gasteiger partial charge in [-0.3, -0.25) is 4.90 Å². The number of urea groups is 1.